The third kappa shape index (κ3) is 4.27. The minimum Gasteiger partial charge on any atom is -0.496 e. The largest absolute Gasteiger partial charge is 0.496 e. The Balaban J connectivity index is 1.30. The molecule has 2 aliphatic heterocycles. The molecule has 1 saturated heterocycles. The topological polar surface area (TPSA) is 85.5 Å². The minimum absolute atomic E-state index is 0.266. The Hall–Kier alpha value is -2.87. The molecule has 7 nitrogen and oxygen atoms in total. The highest BCUT2D eigenvalue weighted by atomic mass is 19.1. The number of anilines is 3. The molecule has 1 aromatic heterocycles. The van der Waals surface area contributed by atoms with Gasteiger partial charge in [-0.05, 0) is 18.9 Å². The van der Waals surface area contributed by atoms with E-state index in [-0.39, 0.29) is 19.1 Å². The predicted octanol–water partition coefficient (Wildman–Crippen LogP) is 3.17. The lowest BCUT2D eigenvalue weighted by Gasteiger charge is -2.26. The van der Waals surface area contributed by atoms with Crippen LogP contribution in [0, 0.1) is 6.92 Å². The highest BCUT2D eigenvalue weighted by Crippen LogP contribution is 2.38. The summed E-state index contributed by atoms with van der Waals surface area (Å²) in [6, 6.07) is 10.2. The molecule has 1 aromatic carbocycles. The van der Waals surface area contributed by atoms with Crippen molar-refractivity contribution in [1.82, 2.24) is 9.97 Å². The Morgan fingerprint density at radius 2 is 2.17 bits per heavy atom. The molecule has 3 heterocycles. The van der Waals surface area contributed by atoms with Crippen LogP contribution in [0.3, 0.4) is 0 Å². The van der Waals surface area contributed by atoms with E-state index in [9.17, 15) is 4.39 Å². The lowest BCUT2D eigenvalue weighted by atomic mass is 10.1. The van der Waals surface area contributed by atoms with Crippen LogP contribution in [-0.4, -0.2) is 41.7 Å². The van der Waals surface area contributed by atoms with E-state index in [2.05, 4.69) is 34.0 Å². The number of allylic oxidation sites excluding steroid dienone is 1. The molecule has 3 unspecified atom stereocenters. The van der Waals surface area contributed by atoms with Crippen LogP contribution in [0.25, 0.3) is 0 Å². The molecule has 3 N–H and O–H groups in total. The number of benzene rings is 1. The Kier molecular flexibility index (Phi) is 5.53. The smallest absolute Gasteiger partial charge is 0.164 e. The molecule has 0 bridgehead atoms. The molecule has 3 atom stereocenters. The fourth-order valence-corrected chi connectivity index (χ4v) is 3.70. The van der Waals surface area contributed by atoms with Crippen LogP contribution in [0.2, 0.25) is 0 Å². The monoisotopic (exact) mass is 399 g/mol. The third-order valence-corrected chi connectivity index (χ3v) is 5.17. The van der Waals surface area contributed by atoms with Crippen molar-refractivity contribution in [1.29, 1.82) is 0 Å². The van der Waals surface area contributed by atoms with Gasteiger partial charge < -0.3 is 25.4 Å². The van der Waals surface area contributed by atoms with E-state index in [1.54, 1.807) is 11.8 Å². The fourth-order valence-electron chi connectivity index (χ4n) is 3.70. The molecule has 0 radical (unpaired) electrons. The van der Waals surface area contributed by atoms with E-state index in [0.29, 0.717) is 35.6 Å². The average molecular weight is 399 g/mol. The number of nitrogens with one attached hydrogen (secondary N) is 1. The molecule has 4 rings (SSSR count). The number of nitrogens with zero attached hydrogens (tertiary/aromatic N) is 3. The summed E-state index contributed by atoms with van der Waals surface area (Å²) in [6.07, 6.45) is -0.377. The molecule has 2 aliphatic rings. The number of nitrogens with two attached hydrogens (primary N) is 1. The van der Waals surface area contributed by atoms with Crippen molar-refractivity contribution in [3.05, 3.63) is 54.1 Å². The molecule has 154 valence electrons. The SMILES string of the molecule is C=C(CCc1ccccc1)OCC1CC(F)C(N2CNc3c(N)nc(C)nc32)O1. The van der Waals surface area contributed by atoms with Gasteiger partial charge >= 0.3 is 0 Å². The van der Waals surface area contributed by atoms with Crippen LogP contribution in [0.4, 0.5) is 21.7 Å². The van der Waals surface area contributed by atoms with E-state index >= 15 is 0 Å². The van der Waals surface area contributed by atoms with Gasteiger partial charge in [-0.2, -0.15) is 0 Å². The quantitative estimate of drug-likeness (QED) is 0.692. The van der Waals surface area contributed by atoms with Gasteiger partial charge in [0.2, 0.25) is 0 Å². The van der Waals surface area contributed by atoms with Crippen LogP contribution < -0.4 is 16.0 Å². The first kappa shape index (κ1) is 19.4. The van der Waals surface area contributed by atoms with Crippen molar-refractivity contribution in [2.75, 3.05) is 29.2 Å². The Bertz CT molecular complexity index is 879. The first-order valence-corrected chi connectivity index (χ1v) is 9.80. The molecule has 1 fully saturated rings. The zero-order valence-corrected chi connectivity index (χ0v) is 16.5. The standard InChI is InChI=1S/C21H26FN5O2/c1-13(8-9-15-6-4-3-5-7-15)28-11-16-10-17(22)21(29-16)27-12-24-18-19(23)25-14(2)26-20(18)27/h3-7,16-17,21,24H,1,8-12H2,2H3,(H2,23,25,26). The zero-order chi connectivity index (χ0) is 20.4. The highest BCUT2D eigenvalue weighted by molar-refractivity contribution is 5.80. The summed E-state index contributed by atoms with van der Waals surface area (Å²) in [5, 5.41) is 3.12. The summed E-state index contributed by atoms with van der Waals surface area (Å²) < 4.78 is 26.4. The lowest BCUT2D eigenvalue weighted by molar-refractivity contribution is -0.00728. The van der Waals surface area contributed by atoms with Crippen LogP contribution in [0.15, 0.2) is 42.7 Å². The van der Waals surface area contributed by atoms with Crippen LogP contribution >= 0.6 is 0 Å². The number of halogens is 1. The van der Waals surface area contributed by atoms with Crippen LogP contribution in [-0.2, 0) is 15.9 Å². The van der Waals surface area contributed by atoms with E-state index in [1.807, 2.05) is 18.2 Å². The van der Waals surface area contributed by atoms with Gasteiger partial charge in [0.25, 0.3) is 0 Å². The second-order valence-corrected chi connectivity index (χ2v) is 7.39. The average Bonchev–Trinajstić information content (AvgIpc) is 3.28. The van der Waals surface area contributed by atoms with Gasteiger partial charge in [0, 0.05) is 12.8 Å². The van der Waals surface area contributed by atoms with Gasteiger partial charge in [0.05, 0.1) is 18.5 Å². The van der Waals surface area contributed by atoms with Crippen LogP contribution in [0.5, 0.6) is 0 Å². The fraction of sp³-hybridized carbons (Fsp3) is 0.429. The molecular formula is C21H26FN5O2. The number of rotatable bonds is 7. The number of nitrogen functional groups attached to an aromatic ring is 1. The Morgan fingerprint density at radius 3 is 2.97 bits per heavy atom. The van der Waals surface area contributed by atoms with E-state index < -0.39 is 12.4 Å². The maximum atomic E-state index is 14.7. The highest BCUT2D eigenvalue weighted by Gasteiger charge is 2.43. The van der Waals surface area contributed by atoms with Gasteiger partial charge in [-0.1, -0.05) is 36.9 Å². The molecule has 29 heavy (non-hydrogen) atoms. The van der Waals surface area contributed by atoms with Gasteiger partial charge in [0.15, 0.2) is 17.9 Å². The molecule has 8 heteroatoms. The van der Waals surface area contributed by atoms with Gasteiger partial charge in [-0.15, -0.1) is 0 Å². The van der Waals surface area contributed by atoms with Gasteiger partial charge in [-0.3, -0.25) is 0 Å². The van der Waals surface area contributed by atoms with Crippen molar-refractivity contribution in [3.8, 4) is 0 Å². The number of aryl methyl sites for hydroxylation is 2. The number of fused-ring (bicyclic) bond motifs is 1. The first-order chi connectivity index (χ1) is 14.0. The van der Waals surface area contributed by atoms with E-state index in [4.69, 9.17) is 15.2 Å². The summed E-state index contributed by atoms with van der Waals surface area (Å²) in [5.41, 5.74) is 7.80. The molecular weight excluding hydrogens is 373 g/mol. The molecule has 0 saturated carbocycles. The predicted molar refractivity (Wildman–Crippen MR) is 110 cm³/mol. The number of hydrogen-bond donors (Lipinski definition) is 2. The number of alkyl halides is 1. The van der Waals surface area contributed by atoms with Crippen LogP contribution in [0.1, 0.15) is 24.2 Å². The Labute approximate surface area is 169 Å². The van der Waals surface area contributed by atoms with Gasteiger partial charge in [-0.25, -0.2) is 14.4 Å². The van der Waals surface area contributed by atoms with Crippen molar-refractivity contribution in [2.24, 2.45) is 0 Å². The Morgan fingerprint density at radius 1 is 1.38 bits per heavy atom. The second-order valence-electron chi connectivity index (χ2n) is 7.39. The van der Waals surface area contributed by atoms with Crippen molar-refractivity contribution >= 4 is 17.3 Å². The summed E-state index contributed by atoms with van der Waals surface area (Å²) in [7, 11) is 0. The summed E-state index contributed by atoms with van der Waals surface area (Å²) >= 11 is 0. The van der Waals surface area contributed by atoms with E-state index in [0.717, 1.165) is 12.8 Å². The van der Waals surface area contributed by atoms with Crippen molar-refractivity contribution in [3.63, 3.8) is 0 Å². The molecule has 2 aromatic rings. The maximum Gasteiger partial charge on any atom is 0.164 e. The molecule has 0 aliphatic carbocycles. The summed E-state index contributed by atoms with van der Waals surface area (Å²) in [4.78, 5) is 10.3. The summed E-state index contributed by atoms with van der Waals surface area (Å²) in [6.45, 7) is 6.39. The van der Waals surface area contributed by atoms with Gasteiger partial charge in [0.1, 0.15) is 24.3 Å². The van der Waals surface area contributed by atoms with E-state index in [1.165, 1.54) is 5.56 Å². The molecule has 0 spiro atoms. The zero-order valence-electron chi connectivity index (χ0n) is 16.5. The normalized spacial score (nSPS) is 23.0. The maximum absolute atomic E-state index is 14.7. The lowest BCUT2D eigenvalue weighted by Crippen LogP contribution is -2.40. The number of ether oxygens (including phenoxy) is 2. The first-order valence-electron chi connectivity index (χ1n) is 9.80. The third-order valence-electron chi connectivity index (χ3n) is 5.17. The van der Waals surface area contributed by atoms with Crippen molar-refractivity contribution in [2.45, 2.75) is 44.7 Å². The number of aromatic nitrogens is 2. The van der Waals surface area contributed by atoms with Crippen molar-refractivity contribution < 1.29 is 13.9 Å². The second kappa shape index (κ2) is 8.24. The minimum atomic E-state index is -1.15. The number of hydrogen-bond acceptors (Lipinski definition) is 7. The molecule has 0 amide bonds. The summed E-state index contributed by atoms with van der Waals surface area (Å²) in [5.74, 6) is 2.16.